The number of nitrogens with one attached hydrogen (secondary N) is 1. The van der Waals surface area contributed by atoms with E-state index in [1.807, 2.05) is 0 Å². The number of esters is 1. The molecular weight excluding hydrogens is 358 g/mol. The van der Waals surface area contributed by atoms with Crippen LogP contribution in [0.15, 0.2) is 42.7 Å². The van der Waals surface area contributed by atoms with Crippen molar-refractivity contribution in [1.29, 1.82) is 0 Å². The minimum Gasteiger partial charge on any atom is -0.465 e. The topological polar surface area (TPSA) is 88.6 Å². The van der Waals surface area contributed by atoms with Crippen molar-refractivity contribution in [3.05, 3.63) is 59.4 Å². The van der Waals surface area contributed by atoms with Gasteiger partial charge in [0.25, 0.3) is 11.8 Å². The van der Waals surface area contributed by atoms with Crippen LogP contribution in [0.4, 0.5) is 5.69 Å². The predicted octanol–water partition coefficient (Wildman–Crippen LogP) is 2.99. The molecule has 2 aromatic rings. The lowest BCUT2D eigenvalue weighted by molar-refractivity contribution is 0.0601. The number of nitrogens with zero attached hydrogens (tertiary/aromatic N) is 2. The number of hydrogen-bond donors (Lipinski definition) is 1. The molecule has 0 radical (unpaired) electrons. The van der Waals surface area contributed by atoms with Crippen LogP contribution in [0.3, 0.4) is 0 Å². The van der Waals surface area contributed by atoms with Crippen molar-refractivity contribution in [1.82, 2.24) is 9.88 Å². The summed E-state index contributed by atoms with van der Waals surface area (Å²) in [5.74, 6) is -0.499. The van der Waals surface area contributed by atoms with Crippen LogP contribution in [0.2, 0.25) is 0 Å². The van der Waals surface area contributed by atoms with Gasteiger partial charge in [-0.15, -0.1) is 0 Å². The summed E-state index contributed by atoms with van der Waals surface area (Å²) in [5, 5.41) is 2.69. The minimum absolute atomic E-state index is 0.121. The number of rotatable bonds is 4. The van der Waals surface area contributed by atoms with E-state index in [9.17, 15) is 14.4 Å². The number of amides is 2. The van der Waals surface area contributed by atoms with Gasteiger partial charge in [-0.25, -0.2) is 4.79 Å². The third-order valence-corrected chi connectivity index (χ3v) is 4.90. The molecule has 0 unspecified atom stereocenters. The molecule has 7 heteroatoms. The molecule has 3 rings (SSSR count). The second-order valence-corrected chi connectivity index (χ2v) is 6.93. The molecule has 1 aliphatic heterocycles. The number of anilines is 1. The molecule has 2 heterocycles. The Morgan fingerprint density at radius 3 is 2.50 bits per heavy atom. The van der Waals surface area contributed by atoms with Gasteiger partial charge in [-0.1, -0.05) is 19.1 Å². The van der Waals surface area contributed by atoms with E-state index in [-0.39, 0.29) is 17.0 Å². The van der Waals surface area contributed by atoms with Crippen LogP contribution in [-0.4, -0.2) is 47.9 Å². The Kier molecular flexibility index (Phi) is 6.03. The Morgan fingerprint density at radius 1 is 1.11 bits per heavy atom. The fourth-order valence-electron chi connectivity index (χ4n) is 3.15. The molecule has 0 bridgehead atoms. The molecule has 1 aromatic carbocycles. The molecule has 0 spiro atoms. The molecule has 146 valence electrons. The zero-order valence-corrected chi connectivity index (χ0v) is 16.0. The lowest BCUT2D eigenvalue weighted by Gasteiger charge is -2.30. The van der Waals surface area contributed by atoms with Gasteiger partial charge in [0.15, 0.2) is 0 Å². The van der Waals surface area contributed by atoms with E-state index in [0.717, 1.165) is 12.8 Å². The van der Waals surface area contributed by atoms with Gasteiger partial charge in [0.1, 0.15) is 0 Å². The Hall–Kier alpha value is -3.22. The van der Waals surface area contributed by atoms with Gasteiger partial charge >= 0.3 is 5.97 Å². The summed E-state index contributed by atoms with van der Waals surface area (Å²) >= 11 is 0. The highest BCUT2D eigenvalue weighted by atomic mass is 16.5. The molecule has 2 amide bonds. The van der Waals surface area contributed by atoms with Crippen molar-refractivity contribution in [2.75, 3.05) is 25.5 Å². The van der Waals surface area contributed by atoms with E-state index < -0.39 is 11.9 Å². The van der Waals surface area contributed by atoms with Crippen LogP contribution in [0.5, 0.6) is 0 Å². The van der Waals surface area contributed by atoms with E-state index in [2.05, 4.69) is 17.2 Å². The Morgan fingerprint density at radius 2 is 1.79 bits per heavy atom. The maximum absolute atomic E-state index is 12.7. The lowest BCUT2D eigenvalue weighted by atomic mass is 9.98. The molecule has 1 aromatic heterocycles. The number of methoxy groups -OCH3 is 1. The van der Waals surface area contributed by atoms with Crippen LogP contribution < -0.4 is 5.32 Å². The molecule has 1 aliphatic rings. The normalized spacial score (nSPS) is 14.4. The number of pyridine rings is 1. The molecule has 7 nitrogen and oxygen atoms in total. The van der Waals surface area contributed by atoms with Crippen LogP contribution >= 0.6 is 0 Å². The average molecular weight is 381 g/mol. The van der Waals surface area contributed by atoms with Crippen molar-refractivity contribution in [2.45, 2.75) is 19.8 Å². The highest BCUT2D eigenvalue weighted by Gasteiger charge is 2.22. The van der Waals surface area contributed by atoms with Crippen molar-refractivity contribution in [3.8, 4) is 0 Å². The zero-order chi connectivity index (χ0) is 20.1. The molecule has 0 saturated carbocycles. The minimum atomic E-state index is -0.544. The standard InChI is InChI=1S/C21H23N3O4/c1-14-7-9-24(10-8-14)20(26)16-11-15(12-22-13-16)19(25)23-18-6-4-3-5-17(18)21(27)28-2/h3-6,11-14H,7-10H2,1-2H3,(H,23,25). The number of likely N-dealkylation sites (tertiary alicyclic amines) is 1. The van der Waals surface area contributed by atoms with Crippen molar-refractivity contribution < 1.29 is 19.1 Å². The van der Waals surface area contributed by atoms with Gasteiger partial charge in [-0.2, -0.15) is 0 Å². The van der Waals surface area contributed by atoms with Gasteiger partial charge in [0, 0.05) is 25.5 Å². The van der Waals surface area contributed by atoms with Gasteiger partial charge in [-0.05, 0) is 37.0 Å². The summed E-state index contributed by atoms with van der Waals surface area (Å²) in [7, 11) is 1.28. The molecule has 1 saturated heterocycles. The van der Waals surface area contributed by atoms with Crippen molar-refractivity contribution in [3.63, 3.8) is 0 Å². The number of para-hydroxylation sites is 1. The second kappa shape index (κ2) is 8.65. The number of aromatic nitrogens is 1. The Labute approximate surface area is 163 Å². The number of benzene rings is 1. The third-order valence-electron chi connectivity index (χ3n) is 4.90. The maximum Gasteiger partial charge on any atom is 0.339 e. The third kappa shape index (κ3) is 4.36. The summed E-state index contributed by atoms with van der Waals surface area (Å²) in [5.41, 5.74) is 1.21. The van der Waals surface area contributed by atoms with Crippen LogP contribution in [-0.2, 0) is 4.74 Å². The number of ether oxygens (including phenoxy) is 1. The summed E-state index contributed by atoms with van der Waals surface area (Å²) in [6, 6.07) is 8.10. The lowest BCUT2D eigenvalue weighted by Crippen LogP contribution is -2.38. The van der Waals surface area contributed by atoms with E-state index in [0.29, 0.717) is 30.3 Å². The molecule has 0 atom stereocenters. The van der Waals surface area contributed by atoms with E-state index in [1.165, 1.54) is 25.6 Å². The van der Waals surface area contributed by atoms with Gasteiger partial charge in [0.05, 0.1) is 29.5 Å². The second-order valence-electron chi connectivity index (χ2n) is 6.93. The first-order valence-corrected chi connectivity index (χ1v) is 9.22. The Bertz CT molecular complexity index is 889. The van der Waals surface area contributed by atoms with Gasteiger partial charge < -0.3 is 15.0 Å². The fraction of sp³-hybridized carbons (Fsp3) is 0.333. The first-order valence-electron chi connectivity index (χ1n) is 9.22. The van der Waals surface area contributed by atoms with E-state index >= 15 is 0 Å². The smallest absolute Gasteiger partial charge is 0.339 e. The summed E-state index contributed by atoms with van der Waals surface area (Å²) in [4.78, 5) is 43.1. The predicted molar refractivity (Wildman–Crippen MR) is 104 cm³/mol. The van der Waals surface area contributed by atoms with Crippen LogP contribution in [0.1, 0.15) is 50.8 Å². The van der Waals surface area contributed by atoms with Crippen LogP contribution in [0, 0.1) is 5.92 Å². The number of carbonyl (C=O) groups is 3. The van der Waals surface area contributed by atoms with Crippen molar-refractivity contribution >= 4 is 23.5 Å². The SMILES string of the molecule is COC(=O)c1ccccc1NC(=O)c1cncc(C(=O)N2CCC(C)CC2)c1. The average Bonchev–Trinajstić information content (AvgIpc) is 2.73. The number of carbonyl (C=O) groups excluding carboxylic acids is 3. The van der Waals surface area contributed by atoms with E-state index in [1.54, 1.807) is 29.2 Å². The van der Waals surface area contributed by atoms with E-state index in [4.69, 9.17) is 4.74 Å². The largest absolute Gasteiger partial charge is 0.465 e. The zero-order valence-electron chi connectivity index (χ0n) is 16.0. The van der Waals surface area contributed by atoms with Gasteiger partial charge in [0.2, 0.25) is 0 Å². The fourth-order valence-corrected chi connectivity index (χ4v) is 3.15. The molecule has 28 heavy (non-hydrogen) atoms. The van der Waals surface area contributed by atoms with Crippen LogP contribution in [0.25, 0.3) is 0 Å². The molecule has 1 fully saturated rings. The van der Waals surface area contributed by atoms with Crippen molar-refractivity contribution in [2.24, 2.45) is 5.92 Å². The molecular formula is C21H23N3O4. The number of hydrogen-bond acceptors (Lipinski definition) is 5. The monoisotopic (exact) mass is 381 g/mol. The number of piperidine rings is 1. The highest BCUT2D eigenvalue weighted by molar-refractivity contribution is 6.08. The molecule has 0 aliphatic carbocycles. The summed E-state index contributed by atoms with van der Waals surface area (Å²) in [6.45, 7) is 3.60. The first kappa shape index (κ1) is 19.5. The first-order chi connectivity index (χ1) is 13.5. The quantitative estimate of drug-likeness (QED) is 0.823. The Balaban J connectivity index is 1.76. The maximum atomic E-state index is 12.7. The summed E-state index contributed by atoms with van der Waals surface area (Å²) < 4.78 is 4.74. The summed E-state index contributed by atoms with van der Waals surface area (Å²) in [6.07, 6.45) is 4.82. The van der Waals surface area contributed by atoms with Gasteiger partial charge in [-0.3, -0.25) is 14.6 Å². The highest BCUT2D eigenvalue weighted by Crippen LogP contribution is 2.20. The molecule has 1 N–H and O–H groups in total.